The van der Waals surface area contributed by atoms with Gasteiger partial charge in [0, 0.05) is 0 Å². The van der Waals surface area contributed by atoms with Gasteiger partial charge >= 0.3 is 95.2 Å². The van der Waals surface area contributed by atoms with Gasteiger partial charge in [0.2, 0.25) is 0 Å². The molecule has 0 radical (unpaired) electrons. The number of fused-ring (bicyclic) bond motifs is 1. The van der Waals surface area contributed by atoms with Crippen LogP contribution < -0.4 is 4.66 Å². The Kier molecular flexibility index (Phi) is 3.34. The molecule has 2 aromatic rings. The second-order valence-corrected chi connectivity index (χ2v) is 5.80. The number of aromatic hydroxyl groups is 1. The van der Waals surface area contributed by atoms with E-state index in [1.807, 2.05) is 12.1 Å². The summed E-state index contributed by atoms with van der Waals surface area (Å²) in [6.45, 7) is 2.20. The second kappa shape index (κ2) is 4.73. The summed E-state index contributed by atoms with van der Waals surface area (Å²) in [6.07, 6.45) is 2.51. The molecular weight excluding hydrogens is 255 g/mol. The van der Waals surface area contributed by atoms with Crippen molar-refractivity contribution < 1.29 is 9.52 Å². The fraction of sp³-hybridized carbons (Fsp3) is 0.333. The summed E-state index contributed by atoms with van der Waals surface area (Å²) in [6, 6.07) is 7.28. The normalized spacial score (nSPS) is 11.0. The van der Waals surface area contributed by atoms with Crippen LogP contribution in [0.25, 0.3) is 11.0 Å². The Labute approximate surface area is 95.4 Å². The average Bonchev–Trinajstić information content (AvgIpc) is 2.60. The van der Waals surface area contributed by atoms with Crippen molar-refractivity contribution in [1.82, 2.24) is 0 Å². The van der Waals surface area contributed by atoms with Crippen LogP contribution in [0.5, 0.6) is 5.75 Å². The van der Waals surface area contributed by atoms with Gasteiger partial charge in [-0.05, 0) is 0 Å². The van der Waals surface area contributed by atoms with E-state index in [0.29, 0.717) is 20.7 Å². The quantitative estimate of drug-likeness (QED) is 0.684. The molecule has 1 heterocycles. The SMILES string of the molecule is CCCC[Se]c1cc2cc(O)ccc2o1. The van der Waals surface area contributed by atoms with Crippen molar-refractivity contribution in [2.24, 2.45) is 0 Å². The van der Waals surface area contributed by atoms with Gasteiger partial charge in [-0.1, -0.05) is 0 Å². The zero-order chi connectivity index (χ0) is 10.7. The maximum atomic E-state index is 9.32. The molecule has 0 amide bonds. The number of unbranched alkanes of at least 4 members (excludes halogenated alkanes) is 1. The number of hydrogen-bond donors (Lipinski definition) is 1. The van der Waals surface area contributed by atoms with Crippen LogP contribution in [0.3, 0.4) is 0 Å². The van der Waals surface area contributed by atoms with E-state index in [1.165, 1.54) is 18.2 Å². The first kappa shape index (κ1) is 10.6. The van der Waals surface area contributed by atoms with Crippen molar-refractivity contribution in [2.75, 3.05) is 0 Å². The van der Waals surface area contributed by atoms with Crippen LogP contribution in [0.4, 0.5) is 0 Å². The molecule has 3 heteroatoms. The van der Waals surface area contributed by atoms with E-state index in [-0.39, 0.29) is 0 Å². The molecule has 0 aliphatic heterocycles. The third-order valence-corrected chi connectivity index (χ3v) is 4.27. The molecule has 2 nitrogen and oxygen atoms in total. The standard InChI is InChI=1S/C12H14O2Se/c1-2-3-6-15-12-8-9-7-10(13)4-5-11(9)14-12/h4-5,7-8,13H,2-3,6H2,1H3. The third kappa shape index (κ3) is 2.55. The number of hydrogen-bond acceptors (Lipinski definition) is 2. The maximum absolute atomic E-state index is 9.32. The predicted molar refractivity (Wildman–Crippen MR) is 63.0 cm³/mol. The van der Waals surface area contributed by atoms with Crippen molar-refractivity contribution in [1.29, 1.82) is 0 Å². The fourth-order valence-electron chi connectivity index (χ4n) is 1.39. The number of phenolic OH excluding ortho intramolecular Hbond substituents is 1. The molecule has 0 spiro atoms. The van der Waals surface area contributed by atoms with Gasteiger partial charge in [0.15, 0.2) is 0 Å². The summed E-state index contributed by atoms with van der Waals surface area (Å²) in [5.74, 6) is 0.302. The van der Waals surface area contributed by atoms with Crippen molar-refractivity contribution in [3.05, 3.63) is 24.3 Å². The van der Waals surface area contributed by atoms with Crippen molar-refractivity contribution in [3.63, 3.8) is 0 Å². The van der Waals surface area contributed by atoms with Gasteiger partial charge in [0.25, 0.3) is 0 Å². The summed E-state index contributed by atoms with van der Waals surface area (Å²) in [5.41, 5.74) is 0.876. The predicted octanol–water partition coefficient (Wildman–Crippen LogP) is 2.69. The second-order valence-electron chi connectivity index (χ2n) is 3.49. The van der Waals surface area contributed by atoms with Gasteiger partial charge in [0.1, 0.15) is 0 Å². The molecule has 0 aliphatic rings. The Hall–Kier alpha value is -0.921. The molecule has 0 saturated carbocycles. The van der Waals surface area contributed by atoms with Gasteiger partial charge in [-0.2, -0.15) is 0 Å². The topological polar surface area (TPSA) is 33.4 Å². The van der Waals surface area contributed by atoms with Gasteiger partial charge < -0.3 is 0 Å². The van der Waals surface area contributed by atoms with Crippen LogP contribution in [0.15, 0.2) is 28.7 Å². The Morgan fingerprint density at radius 1 is 1.33 bits per heavy atom. The van der Waals surface area contributed by atoms with E-state index in [9.17, 15) is 5.11 Å². The van der Waals surface area contributed by atoms with Crippen molar-refractivity contribution >= 4 is 30.6 Å². The van der Waals surface area contributed by atoms with Crippen LogP contribution in [0, 0.1) is 0 Å². The minimum atomic E-state index is 0.302. The zero-order valence-corrected chi connectivity index (χ0v) is 10.4. The van der Waals surface area contributed by atoms with Crippen molar-refractivity contribution in [2.45, 2.75) is 25.1 Å². The van der Waals surface area contributed by atoms with Crippen LogP contribution in [-0.4, -0.2) is 20.1 Å². The summed E-state index contributed by atoms with van der Waals surface area (Å²) in [7, 11) is 0. The molecule has 80 valence electrons. The first-order valence-electron chi connectivity index (χ1n) is 5.15. The number of rotatable bonds is 4. The Bertz CT molecular complexity index is 448. The zero-order valence-electron chi connectivity index (χ0n) is 8.69. The van der Waals surface area contributed by atoms with Gasteiger partial charge in [-0.25, -0.2) is 0 Å². The number of benzene rings is 1. The average molecular weight is 269 g/mol. The van der Waals surface area contributed by atoms with Crippen molar-refractivity contribution in [3.8, 4) is 5.75 Å². The van der Waals surface area contributed by atoms with E-state index in [1.54, 1.807) is 12.1 Å². The number of furan rings is 1. The molecule has 0 atom stereocenters. The van der Waals surface area contributed by atoms with E-state index < -0.39 is 0 Å². The Morgan fingerprint density at radius 3 is 3.00 bits per heavy atom. The molecule has 0 fully saturated rings. The van der Waals surface area contributed by atoms with E-state index in [0.717, 1.165) is 15.6 Å². The third-order valence-electron chi connectivity index (χ3n) is 2.22. The van der Waals surface area contributed by atoms with Crippen LogP contribution in [-0.2, 0) is 0 Å². The summed E-state index contributed by atoms with van der Waals surface area (Å²) in [5, 5.41) is 11.6. The number of phenols is 1. The first-order chi connectivity index (χ1) is 7.29. The molecule has 1 N–H and O–H groups in total. The monoisotopic (exact) mass is 270 g/mol. The molecule has 0 aliphatic carbocycles. The summed E-state index contributed by atoms with van der Waals surface area (Å²) < 4.78 is 6.77. The molecule has 0 saturated heterocycles. The van der Waals surface area contributed by atoms with Crippen LogP contribution >= 0.6 is 0 Å². The van der Waals surface area contributed by atoms with Gasteiger partial charge in [-0.3, -0.25) is 0 Å². The minimum absolute atomic E-state index is 0.302. The first-order valence-corrected chi connectivity index (χ1v) is 7.22. The van der Waals surface area contributed by atoms with E-state index in [2.05, 4.69) is 6.92 Å². The van der Waals surface area contributed by atoms with Gasteiger partial charge in [0.05, 0.1) is 0 Å². The molecule has 2 rings (SSSR count). The summed E-state index contributed by atoms with van der Waals surface area (Å²) >= 11 is 0.435. The van der Waals surface area contributed by atoms with E-state index >= 15 is 0 Å². The molecule has 0 unspecified atom stereocenters. The fourth-order valence-corrected chi connectivity index (χ4v) is 3.48. The molecule has 15 heavy (non-hydrogen) atoms. The molecular formula is C12H14O2Se. The van der Waals surface area contributed by atoms with Crippen LogP contribution in [0.2, 0.25) is 5.32 Å². The van der Waals surface area contributed by atoms with Gasteiger partial charge in [-0.15, -0.1) is 0 Å². The molecule has 1 aromatic heterocycles. The molecule has 1 aromatic carbocycles. The molecule has 0 bridgehead atoms. The van der Waals surface area contributed by atoms with Crippen LogP contribution in [0.1, 0.15) is 19.8 Å². The van der Waals surface area contributed by atoms with E-state index in [4.69, 9.17) is 4.42 Å². The Morgan fingerprint density at radius 2 is 2.20 bits per heavy atom. The summed E-state index contributed by atoms with van der Waals surface area (Å²) in [4.78, 5) is 0. The Balaban J connectivity index is 2.16.